The van der Waals surface area contributed by atoms with Crippen LogP contribution >= 0.6 is 0 Å². The number of hydrogen-bond acceptors (Lipinski definition) is 4. The van der Waals surface area contributed by atoms with Crippen molar-refractivity contribution < 1.29 is 14.3 Å². The minimum atomic E-state index is -0.288. The number of ether oxygens (including phenoxy) is 1. The van der Waals surface area contributed by atoms with Crippen LogP contribution in [0, 0.1) is 0 Å². The highest BCUT2D eigenvalue weighted by Gasteiger charge is 2.23. The fourth-order valence-electron chi connectivity index (χ4n) is 4.26. The van der Waals surface area contributed by atoms with Gasteiger partial charge in [-0.1, -0.05) is 0 Å². The molecular weight excluding hydrogens is 392 g/mol. The van der Waals surface area contributed by atoms with E-state index in [2.05, 4.69) is 20.9 Å². The topological polar surface area (TPSA) is 82.7 Å². The summed E-state index contributed by atoms with van der Waals surface area (Å²) in [4.78, 5) is 25.8. The Kier molecular flexibility index (Phi) is 6.60. The van der Waals surface area contributed by atoms with Crippen molar-refractivity contribution in [1.82, 2.24) is 5.32 Å². The van der Waals surface area contributed by atoms with Gasteiger partial charge in [0.2, 0.25) is 5.91 Å². The van der Waals surface area contributed by atoms with Crippen molar-refractivity contribution in [2.24, 2.45) is 0 Å². The molecule has 7 nitrogen and oxygen atoms in total. The van der Waals surface area contributed by atoms with Gasteiger partial charge in [0.1, 0.15) is 5.75 Å². The number of rotatable bonds is 6. The number of amides is 3. The van der Waals surface area contributed by atoms with Crippen LogP contribution in [0.25, 0.3) is 0 Å². The predicted molar refractivity (Wildman–Crippen MR) is 123 cm³/mol. The molecular formula is C24H30N4O3. The second-order valence-electron chi connectivity index (χ2n) is 8.31. The summed E-state index contributed by atoms with van der Waals surface area (Å²) in [5, 5.41) is 8.68. The van der Waals surface area contributed by atoms with Gasteiger partial charge in [-0.2, -0.15) is 0 Å². The predicted octanol–water partition coefficient (Wildman–Crippen LogP) is 4.37. The minimum absolute atomic E-state index is 0.00777. The molecule has 3 N–H and O–H groups in total. The van der Waals surface area contributed by atoms with Crippen LogP contribution in [0.1, 0.15) is 39.0 Å². The molecule has 2 aliphatic rings. The largest absolute Gasteiger partial charge is 0.490 e. The number of hydrogen-bond donors (Lipinski definition) is 3. The summed E-state index contributed by atoms with van der Waals surface area (Å²) in [5.41, 5.74) is 2.52. The third-order valence-corrected chi connectivity index (χ3v) is 5.80. The van der Waals surface area contributed by atoms with E-state index in [4.69, 9.17) is 4.74 Å². The average Bonchev–Trinajstić information content (AvgIpc) is 3.42. The molecule has 2 aromatic carbocycles. The first-order valence-corrected chi connectivity index (χ1v) is 11.0. The van der Waals surface area contributed by atoms with E-state index in [1.165, 1.54) is 12.8 Å². The summed E-state index contributed by atoms with van der Waals surface area (Å²) in [6, 6.07) is 15.2. The van der Waals surface area contributed by atoms with Crippen LogP contribution in [0.15, 0.2) is 48.5 Å². The van der Waals surface area contributed by atoms with Gasteiger partial charge in [-0.25, -0.2) is 4.79 Å². The zero-order chi connectivity index (χ0) is 21.6. The second-order valence-corrected chi connectivity index (χ2v) is 8.31. The maximum absolute atomic E-state index is 12.3. The maximum Gasteiger partial charge on any atom is 0.323 e. The van der Waals surface area contributed by atoms with Crippen molar-refractivity contribution in [3.8, 4) is 5.75 Å². The van der Waals surface area contributed by atoms with E-state index in [1.807, 2.05) is 48.5 Å². The van der Waals surface area contributed by atoms with Crippen molar-refractivity contribution in [3.63, 3.8) is 0 Å². The Hall–Kier alpha value is -3.22. The minimum Gasteiger partial charge on any atom is -0.490 e. The number of urea groups is 1. The summed E-state index contributed by atoms with van der Waals surface area (Å²) in [5.74, 6) is 0.851. The third-order valence-electron chi connectivity index (χ3n) is 5.80. The van der Waals surface area contributed by atoms with Crippen LogP contribution in [0.2, 0.25) is 0 Å². The maximum atomic E-state index is 12.3. The molecule has 2 aromatic rings. The molecule has 7 heteroatoms. The van der Waals surface area contributed by atoms with E-state index in [0.29, 0.717) is 11.8 Å². The highest BCUT2D eigenvalue weighted by molar-refractivity contribution is 5.99. The van der Waals surface area contributed by atoms with Crippen LogP contribution in [0.5, 0.6) is 5.75 Å². The molecule has 2 fully saturated rings. The molecule has 1 aliphatic heterocycles. The summed E-state index contributed by atoms with van der Waals surface area (Å²) < 4.78 is 5.96. The van der Waals surface area contributed by atoms with Crippen molar-refractivity contribution in [2.75, 3.05) is 28.6 Å². The fourth-order valence-corrected chi connectivity index (χ4v) is 4.26. The van der Waals surface area contributed by atoms with E-state index >= 15 is 0 Å². The first-order chi connectivity index (χ1) is 15.0. The molecule has 0 bridgehead atoms. The van der Waals surface area contributed by atoms with Crippen LogP contribution in [-0.2, 0) is 4.79 Å². The first-order valence-electron chi connectivity index (χ1n) is 11.0. The highest BCUT2D eigenvalue weighted by atomic mass is 16.5. The normalized spacial score (nSPS) is 18.6. The summed E-state index contributed by atoms with van der Waals surface area (Å²) >= 11 is 0. The molecule has 0 radical (unpaired) electrons. The summed E-state index contributed by atoms with van der Waals surface area (Å²) in [6.45, 7) is 3.25. The van der Waals surface area contributed by atoms with Gasteiger partial charge >= 0.3 is 6.03 Å². The molecule has 1 saturated heterocycles. The number of anilines is 3. The Morgan fingerprint density at radius 1 is 0.903 bits per heavy atom. The second kappa shape index (κ2) is 9.73. The molecule has 1 aliphatic carbocycles. The zero-order valence-electron chi connectivity index (χ0n) is 17.9. The van der Waals surface area contributed by atoms with Gasteiger partial charge in [0.15, 0.2) is 0 Å². The molecule has 31 heavy (non-hydrogen) atoms. The number of carbonyl (C=O) groups excluding carboxylic acids is 2. The molecule has 1 saturated carbocycles. The Morgan fingerprint density at radius 3 is 2.13 bits per heavy atom. The third kappa shape index (κ3) is 5.90. The zero-order valence-corrected chi connectivity index (χ0v) is 17.9. The summed E-state index contributed by atoms with van der Waals surface area (Å²) in [7, 11) is 0. The lowest BCUT2D eigenvalue weighted by Gasteiger charge is -2.19. The molecule has 4 rings (SSSR count). The number of nitrogens with one attached hydrogen (secondary N) is 3. The van der Waals surface area contributed by atoms with Crippen molar-refractivity contribution >= 4 is 29.0 Å². The Morgan fingerprint density at radius 2 is 1.52 bits per heavy atom. The van der Waals surface area contributed by atoms with Gasteiger partial charge in [0.05, 0.1) is 6.10 Å². The van der Waals surface area contributed by atoms with Gasteiger partial charge in [0.25, 0.3) is 0 Å². The highest BCUT2D eigenvalue weighted by Crippen LogP contribution is 2.25. The SMILES string of the molecule is CC(=O)NC1CCN(c2ccc(NC(=O)Nc3ccc(OC4CCCC4)cc3)cc2)C1. The number of benzene rings is 2. The first kappa shape index (κ1) is 21.0. The summed E-state index contributed by atoms with van der Waals surface area (Å²) in [6.07, 6.45) is 5.97. The van der Waals surface area contributed by atoms with E-state index < -0.39 is 0 Å². The van der Waals surface area contributed by atoms with Gasteiger partial charge < -0.3 is 25.6 Å². The monoisotopic (exact) mass is 422 g/mol. The lowest BCUT2D eigenvalue weighted by molar-refractivity contribution is -0.119. The molecule has 1 unspecified atom stereocenters. The van der Waals surface area contributed by atoms with Crippen LogP contribution in [-0.4, -0.2) is 37.2 Å². The number of nitrogens with zero attached hydrogens (tertiary/aromatic N) is 1. The molecule has 0 spiro atoms. The average molecular weight is 423 g/mol. The van der Waals surface area contributed by atoms with E-state index in [9.17, 15) is 9.59 Å². The molecule has 3 amide bonds. The molecule has 0 aromatic heterocycles. The van der Waals surface area contributed by atoms with Gasteiger partial charge in [0, 0.05) is 43.1 Å². The van der Waals surface area contributed by atoms with Crippen LogP contribution in [0.3, 0.4) is 0 Å². The Bertz CT molecular complexity index is 892. The fraction of sp³-hybridized carbons (Fsp3) is 0.417. The van der Waals surface area contributed by atoms with Crippen molar-refractivity contribution in [1.29, 1.82) is 0 Å². The Labute approximate surface area is 183 Å². The van der Waals surface area contributed by atoms with Gasteiger partial charge in [-0.05, 0) is 80.6 Å². The molecule has 1 atom stereocenters. The lowest BCUT2D eigenvalue weighted by Crippen LogP contribution is -2.35. The van der Waals surface area contributed by atoms with E-state index in [0.717, 1.165) is 49.5 Å². The smallest absolute Gasteiger partial charge is 0.323 e. The van der Waals surface area contributed by atoms with Crippen LogP contribution in [0.4, 0.5) is 21.9 Å². The standard InChI is InChI=1S/C24H30N4O3/c1-17(29)25-20-14-15-28(16-20)21-10-6-18(7-11-21)26-24(30)27-19-8-12-23(13-9-19)31-22-4-2-3-5-22/h6-13,20,22H,2-5,14-16H2,1H3,(H,25,29)(H2,26,27,30). The molecule has 1 heterocycles. The number of carbonyl (C=O) groups is 2. The van der Waals surface area contributed by atoms with Crippen molar-refractivity contribution in [2.45, 2.75) is 51.2 Å². The van der Waals surface area contributed by atoms with Gasteiger partial charge in [-0.15, -0.1) is 0 Å². The van der Waals surface area contributed by atoms with Crippen molar-refractivity contribution in [3.05, 3.63) is 48.5 Å². The quantitative estimate of drug-likeness (QED) is 0.646. The van der Waals surface area contributed by atoms with E-state index in [1.54, 1.807) is 6.92 Å². The molecule has 164 valence electrons. The van der Waals surface area contributed by atoms with E-state index in [-0.39, 0.29) is 18.0 Å². The Balaban J connectivity index is 1.25. The lowest BCUT2D eigenvalue weighted by atomic mass is 10.2. The van der Waals surface area contributed by atoms with Crippen LogP contribution < -0.4 is 25.6 Å². The van der Waals surface area contributed by atoms with Gasteiger partial charge in [-0.3, -0.25) is 4.79 Å².